The molecular weight excluding hydrogens is 314 g/mol. The molecule has 0 saturated heterocycles. The van der Waals surface area contributed by atoms with E-state index >= 15 is 0 Å². The average molecular weight is 328 g/mol. The van der Waals surface area contributed by atoms with Crippen molar-refractivity contribution >= 4 is 33.5 Å². The Kier molecular flexibility index (Phi) is 3.40. The summed E-state index contributed by atoms with van der Waals surface area (Å²) < 4.78 is 3.06. The second-order valence-electron chi connectivity index (χ2n) is 4.69. The standard InChI is InChI=1S/C16H14BrN3/c1-11-12(2)20-10-14(17)8-15(16(20)19-11)18-9-13-6-4-3-5-7-13/h3-10H,1-2H3/b18-9-. The van der Waals surface area contributed by atoms with Gasteiger partial charge in [0.1, 0.15) is 5.69 Å². The molecule has 4 heteroatoms. The minimum Gasteiger partial charge on any atom is -0.301 e. The fourth-order valence-electron chi connectivity index (χ4n) is 2.10. The quantitative estimate of drug-likeness (QED) is 0.639. The van der Waals surface area contributed by atoms with E-state index in [0.717, 1.165) is 32.8 Å². The Morgan fingerprint density at radius 3 is 2.70 bits per heavy atom. The number of fused-ring (bicyclic) bond motifs is 1. The molecule has 20 heavy (non-hydrogen) atoms. The minimum absolute atomic E-state index is 0.861. The Morgan fingerprint density at radius 1 is 1.20 bits per heavy atom. The molecule has 0 amide bonds. The molecule has 3 rings (SSSR count). The number of aliphatic imine (C=N–C) groups is 1. The first kappa shape index (κ1) is 13.1. The Bertz CT molecular complexity index is 788. The zero-order valence-corrected chi connectivity index (χ0v) is 12.9. The maximum atomic E-state index is 4.59. The van der Waals surface area contributed by atoms with Crippen LogP contribution >= 0.6 is 15.9 Å². The number of pyridine rings is 1. The van der Waals surface area contributed by atoms with E-state index in [2.05, 4.69) is 37.2 Å². The van der Waals surface area contributed by atoms with Crippen molar-refractivity contribution in [2.24, 2.45) is 4.99 Å². The first-order valence-electron chi connectivity index (χ1n) is 6.39. The molecule has 2 heterocycles. The molecule has 100 valence electrons. The molecule has 0 radical (unpaired) electrons. The average Bonchev–Trinajstić information content (AvgIpc) is 2.74. The van der Waals surface area contributed by atoms with Crippen molar-refractivity contribution in [1.29, 1.82) is 0 Å². The molecular formula is C16H14BrN3. The van der Waals surface area contributed by atoms with E-state index in [1.54, 1.807) is 0 Å². The van der Waals surface area contributed by atoms with Gasteiger partial charge in [-0.2, -0.15) is 0 Å². The van der Waals surface area contributed by atoms with E-state index < -0.39 is 0 Å². The van der Waals surface area contributed by atoms with Crippen molar-refractivity contribution < 1.29 is 0 Å². The highest BCUT2D eigenvalue weighted by molar-refractivity contribution is 9.10. The summed E-state index contributed by atoms with van der Waals surface area (Å²) in [6.07, 6.45) is 3.88. The SMILES string of the molecule is Cc1nc2c(/N=C\c3ccccc3)cc(Br)cn2c1C. The Morgan fingerprint density at radius 2 is 1.95 bits per heavy atom. The van der Waals surface area contributed by atoms with Crippen molar-refractivity contribution in [2.45, 2.75) is 13.8 Å². The second kappa shape index (κ2) is 5.21. The van der Waals surface area contributed by atoms with E-state index in [1.807, 2.05) is 55.7 Å². The van der Waals surface area contributed by atoms with Crippen LogP contribution in [0.3, 0.4) is 0 Å². The van der Waals surface area contributed by atoms with Crippen LogP contribution in [0.2, 0.25) is 0 Å². The van der Waals surface area contributed by atoms with Gasteiger partial charge in [-0.25, -0.2) is 4.98 Å². The summed E-state index contributed by atoms with van der Waals surface area (Å²) in [6.45, 7) is 4.08. The van der Waals surface area contributed by atoms with Gasteiger partial charge in [-0.1, -0.05) is 30.3 Å². The molecule has 3 nitrogen and oxygen atoms in total. The molecule has 0 aliphatic heterocycles. The largest absolute Gasteiger partial charge is 0.301 e. The molecule has 3 aromatic rings. The fraction of sp³-hybridized carbons (Fsp3) is 0.125. The summed E-state index contributed by atoms with van der Waals surface area (Å²) >= 11 is 3.53. The van der Waals surface area contributed by atoms with Gasteiger partial charge in [-0.3, -0.25) is 4.99 Å². The zero-order chi connectivity index (χ0) is 14.1. The monoisotopic (exact) mass is 327 g/mol. The van der Waals surface area contributed by atoms with Gasteiger partial charge in [-0.15, -0.1) is 0 Å². The number of nitrogens with zero attached hydrogens (tertiary/aromatic N) is 3. The lowest BCUT2D eigenvalue weighted by atomic mass is 10.2. The van der Waals surface area contributed by atoms with Gasteiger partial charge < -0.3 is 4.40 Å². The summed E-state index contributed by atoms with van der Waals surface area (Å²) in [7, 11) is 0. The lowest BCUT2D eigenvalue weighted by Crippen LogP contribution is -1.88. The molecule has 0 fully saturated rings. The summed E-state index contributed by atoms with van der Waals surface area (Å²) in [5.41, 5.74) is 4.98. The fourth-order valence-corrected chi connectivity index (χ4v) is 2.52. The maximum absolute atomic E-state index is 4.59. The van der Waals surface area contributed by atoms with Crippen LogP contribution in [0.4, 0.5) is 5.69 Å². The van der Waals surface area contributed by atoms with Gasteiger partial charge in [0.25, 0.3) is 0 Å². The molecule has 0 atom stereocenters. The summed E-state index contributed by atoms with van der Waals surface area (Å²) in [4.78, 5) is 9.18. The summed E-state index contributed by atoms with van der Waals surface area (Å²) in [6, 6.07) is 12.0. The van der Waals surface area contributed by atoms with Gasteiger partial charge in [0.05, 0.1) is 5.69 Å². The molecule has 1 aromatic carbocycles. The van der Waals surface area contributed by atoms with Crippen molar-refractivity contribution in [3.63, 3.8) is 0 Å². The normalized spacial score (nSPS) is 11.6. The number of aryl methyl sites for hydroxylation is 2. The number of hydrogen-bond acceptors (Lipinski definition) is 2. The van der Waals surface area contributed by atoms with E-state index in [9.17, 15) is 0 Å². The Balaban J connectivity index is 2.12. The molecule has 0 aliphatic carbocycles. The molecule has 0 aliphatic rings. The number of benzene rings is 1. The third kappa shape index (κ3) is 2.39. The summed E-state index contributed by atoms with van der Waals surface area (Å²) in [5, 5.41) is 0. The highest BCUT2D eigenvalue weighted by Gasteiger charge is 2.09. The van der Waals surface area contributed by atoms with E-state index in [4.69, 9.17) is 0 Å². The number of halogens is 1. The number of rotatable bonds is 2. The first-order chi connectivity index (χ1) is 9.65. The lowest BCUT2D eigenvalue weighted by Gasteiger charge is -2.01. The molecule has 0 saturated carbocycles. The highest BCUT2D eigenvalue weighted by atomic mass is 79.9. The predicted octanol–water partition coefficient (Wildman–Crippen LogP) is 4.46. The van der Waals surface area contributed by atoms with Crippen LogP contribution in [0.25, 0.3) is 5.65 Å². The van der Waals surface area contributed by atoms with Crippen LogP contribution in [0, 0.1) is 13.8 Å². The van der Waals surface area contributed by atoms with Crippen LogP contribution in [-0.4, -0.2) is 15.6 Å². The van der Waals surface area contributed by atoms with Crippen LogP contribution in [0.1, 0.15) is 17.0 Å². The van der Waals surface area contributed by atoms with Crippen molar-refractivity contribution in [3.05, 3.63) is 64.0 Å². The maximum Gasteiger partial charge on any atom is 0.163 e. The van der Waals surface area contributed by atoms with Crippen LogP contribution in [-0.2, 0) is 0 Å². The van der Waals surface area contributed by atoms with Crippen molar-refractivity contribution in [2.75, 3.05) is 0 Å². The third-order valence-electron chi connectivity index (χ3n) is 3.30. The van der Waals surface area contributed by atoms with Gasteiger partial charge in [0.2, 0.25) is 0 Å². The van der Waals surface area contributed by atoms with Gasteiger partial charge >= 0.3 is 0 Å². The van der Waals surface area contributed by atoms with Crippen LogP contribution < -0.4 is 0 Å². The highest BCUT2D eigenvalue weighted by Crippen LogP contribution is 2.26. The predicted molar refractivity (Wildman–Crippen MR) is 86.1 cm³/mol. The van der Waals surface area contributed by atoms with Gasteiger partial charge in [0, 0.05) is 22.6 Å². The number of imidazole rings is 1. The molecule has 2 aromatic heterocycles. The molecule has 0 unspecified atom stereocenters. The molecule has 0 bridgehead atoms. The van der Waals surface area contributed by atoms with E-state index in [1.165, 1.54) is 0 Å². The van der Waals surface area contributed by atoms with Crippen LogP contribution in [0.5, 0.6) is 0 Å². The second-order valence-corrected chi connectivity index (χ2v) is 5.60. The topological polar surface area (TPSA) is 29.7 Å². The van der Waals surface area contributed by atoms with Gasteiger partial charge in [0.15, 0.2) is 5.65 Å². The zero-order valence-electron chi connectivity index (χ0n) is 11.3. The van der Waals surface area contributed by atoms with Gasteiger partial charge in [-0.05, 0) is 41.4 Å². The van der Waals surface area contributed by atoms with E-state index in [0.29, 0.717) is 0 Å². The molecule has 0 spiro atoms. The smallest absolute Gasteiger partial charge is 0.163 e. The minimum atomic E-state index is 0.861. The number of aromatic nitrogens is 2. The molecule has 0 N–H and O–H groups in total. The first-order valence-corrected chi connectivity index (χ1v) is 7.18. The Hall–Kier alpha value is -1.94. The van der Waals surface area contributed by atoms with Crippen molar-refractivity contribution in [1.82, 2.24) is 9.38 Å². The lowest BCUT2D eigenvalue weighted by molar-refractivity contribution is 1.09. The summed E-state index contributed by atoms with van der Waals surface area (Å²) in [5.74, 6) is 0. The Labute approximate surface area is 126 Å². The van der Waals surface area contributed by atoms with E-state index in [-0.39, 0.29) is 0 Å². The van der Waals surface area contributed by atoms with Crippen LogP contribution in [0.15, 0.2) is 52.1 Å². The number of hydrogen-bond donors (Lipinski definition) is 0. The third-order valence-corrected chi connectivity index (χ3v) is 3.73. The van der Waals surface area contributed by atoms with Crippen molar-refractivity contribution in [3.8, 4) is 0 Å².